The molecule has 1 heterocycles. The number of hydrogen-bond acceptors (Lipinski definition) is 2. The first-order valence-corrected chi connectivity index (χ1v) is 6.69. The number of likely N-dealkylation sites (tertiary alicyclic amines) is 1. The first-order valence-electron chi connectivity index (χ1n) is 6.32. The minimum Gasteiger partial charge on any atom is -0.324 e. The van der Waals surface area contributed by atoms with Gasteiger partial charge in [0.05, 0.1) is 16.8 Å². The lowest BCUT2D eigenvalue weighted by Crippen LogP contribution is -2.40. The topological polar surface area (TPSA) is 56.1 Å². The standard InChI is InChI=1S/C14H16ClN3O/c1-10-2-3-12(15)13(8-10)17-14(19)18-6-4-11(9-16)5-7-18/h2-3,8,11H,4-7H2,1H3,(H,17,19). The second kappa shape index (κ2) is 5.94. The number of aryl methyl sites for hydroxylation is 1. The third kappa shape index (κ3) is 3.39. The summed E-state index contributed by atoms with van der Waals surface area (Å²) in [6, 6.07) is 7.62. The number of anilines is 1. The minimum atomic E-state index is -0.149. The van der Waals surface area contributed by atoms with Crippen molar-refractivity contribution in [1.82, 2.24) is 4.90 Å². The van der Waals surface area contributed by atoms with Crippen LogP contribution >= 0.6 is 11.6 Å². The van der Waals surface area contributed by atoms with E-state index in [-0.39, 0.29) is 11.9 Å². The van der Waals surface area contributed by atoms with Crippen LogP contribution in [-0.2, 0) is 0 Å². The van der Waals surface area contributed by atoms with Crippen LogP contribution in [0.15, 0.2) is 18.2 Å². The number of nitrogens with zero attached hydrogens (tertiary/aromatic N) is 2. The van der Waals surface area contributed by atoms with Gasteiger partial charge in [0, 0.05) is 19.0 Å². The summed E-state index contributed by atoms with van der Waals surface area (Å²) in [4.78, 5) is 13.8. The van der Waals surface area contributed by atoms with Crippen molar-refractivity contribution in [1.29, 1.82) is 5.26 Å². The van der Waals surface area contributed by atoms with Gasteiger partial charge in [-0.2, -0.15) is 5.26 Å². The van der Waals surface area contributed by atoms with Crippen LogP contribution in [0.1, 0.15) is 18.4 Å². The molecule has 1 aliphatic rings. The highest BCUT2D eigenvalue weighted by Crippen LogP contribution is 2.24. The molecule has 4 nitrogen and oxygen atoms in total. The van der Waals surface area contributed by atoms with Crippen molar-refractivity contribution < 1.29 is 4.79 Å². The Labute approximate surface area is 118 Å². The molecule has 0 unspecified atom stereocenters. The molecule has 5 heteroatoms. The molecule has 1 fully saturated rings. The normalized spacial score (nSPS) is 15.9. The number of amides is 2. The van der Waals surface area contributed by atoms with Gasteiger partial charge in [-0.1, -0.05) is 17.7 Å². The Kier molecular flexibility index (Phi) is 4.28. The Morgan fingerprint density at radius 1 is 1.47 bits per heavy atom. The Morgan fingerprint density at radius 3 is 2.79 bits per heavy atom. The summed E-state index contributed by atoms with van der Waals surface area (Å²) in [5.41, 5.74) is 1.68. The zero-order valence-corrected chi connectivity index (χ0v) is 11.6. The van der Waals surface area contributed by atoms with E-state index in [2.05, 4.69) is 11.4 Å². The number of nitrogens with one attached hydrogen (secondary N) is 1. The summed E-state index contributed by atoms with van der Waals surface area (Å²) < 4.78 is 0. The van der Waals surface area contributed by atoms with Gasteiger partial charge in [0.15, 0.2) is 0 Å². The molecule has 0 bridgehead atoms. The van der Waals surface area contributed by atoms with E-state index in [4.69, 9.17) is 16.9 Å². The van der Waals surface area contributed by atoms with Crippen LogP contribution in [0.2, 0.25) is 5.02 Å². The van der Waals surface area contributed by atoms with Crippen LogP contribution in [0, 0.1) is 24.2 Å². The average molecular weight is 278 g/mol. The van der Waals surface area contributed by atoms with Gasteiger partial charge in [0.2, 0.25) is 0 Å². The molecule has 1 N–H and O–H groups in total. The summed E-state index contributed by atoms with van der Waals surface area (Å²) in [6.45, 7) is 3.19. The second-order valence-electron chi connectivity index (χ2n) is 4.80. The maximum atomic E-state index is 12.1. The third-order valence-electron chi connectivity index (χ3n) is 3.33. The highest BCUT2D eigenvalue weighted by atomic mass is 35.5. The zero-order chi connectivity index (χ0) is 13.8. The van der Waals surface area contributed by atoms with Crippen molar-refractivity contribution in [3.05, 3.63) is 28.8 Å². The Balaban J connectivity index is 1.98. The molecule has 1 aromatic carbocycles. The molecular weight excluding hydrogens is 262 g/mol. The summed E-state index contributed by atoms with van der Waals surface area (Å²) in [7, 11) is 0. The number of carbonyl (C=O) groups excluding carboxylic acids is 1. The fourth-order valence-electron chi connectivity index (χ4n) is 2.14. The lowest BCUT2D eigenvalue weighted by molar-refractivity contribution is 0.192. The Bertz CT molecular complexity index is 516. The first kappa shape index (κ1) is 13.7. The third-order valence-corrected chi connectivity index (χ3v) is 3.66. The van der Waals surface area contributed by atoms with E-state index in [9.17, 15) is 4.79 Å². The molecule has 0 atom stereocenters. The predicted molar refractivity (Wildman–Crippen MR) is 75.1 cm³/mol. The van der Waals surface area contributed by atoms with Crippen molar-refractivity contribution in [2.75, 3.05) is 18.4 Å². The van der Waals surface area contributed by atoms with Crippen molar-refractivity contribution >= 4 is 23.3 Å². The van der Waals surface area contributed by atoms with Gasteiger partial charge in [-0.05, 0) is 37.5 Å². The van der Waals surface area contributed by atoms with Crippen LogP contribution in [0.25, 0.3) is 0 Å². The predicted octanol–water partition coefficient (Wildman–Crippen LogP) is 3.42. The van der Waals surface area contributed by atoms with E-state index in [0.29, 0.717) is 23.8 Å². The van der Waals surface area contributed by atoms with Crippen LogP contribution < -0.4 is 5.32 Å². The van der Waals surface area contributed by atoms with Gasteiger partial charge in [0.25, 0.3) is 0 Å². The number of nitriles is 1. The summed E-state index contributed by atoms with van der Waals surface area (Å²) in [5.74, 6) is 0.0756. The van der Waals surface area contributed by atoms with Crippen molar-refractivity contribution in [2.45, 2.75) is 19.8 Å². The number of benzene rings is 1. The van der Waals surface area contributed by atoms with Gasteiger partial charge >= 0.3 is 6.03 Å². The molecule has 0 radical (unpaired) electrons. The largest absolute Gasteiger partial charge is 0.324 e. The zero-order valence-electron chi connectivity index (χ0n) is 10.8. The minimum absolute atomic E-state index is 0.0756. The van der Waals surface area contributed by atoms with E-state index in [0.717, 1.165) is 18.4 Å². The molecule has 2 rings (SSSR count). The van der Waals surface area contributed by atoms with E-state index in [1.54, 1.807) is 11.0 Å². The fraction of sp³-hybridized carbons (Fsp3) is 0.429. The molecule has 19 heavy (non-hydrogen) atoms. The smallest absolute Gasteiger partial charge is 0.321 e. The summed E-state index contributed by atoms with van der Waals surface area (Å²) in [6.07, 6.45) is 1.48. The summed E-state index contributed by atoms with van der Waals surface area (Å²) in [5, 5.41) is 12.2. The lowest BCUT2D eigenvalue weighted by Gasteiger charge is -2.29. The van der Waals surface area contributed by atoms with Gasteiger partial charge < -0.3 is 10.2 Å². The molecule has 1 aromatic rings. The van der Waals surface area contributed by atoms with Crippen LogP contribution in [0.5, 0.6) is 0 Å². The molecule has 100 valence electrons. The highest BCUT2D eigenvalue weighted by Gasteiger charge is 2.22. The van der Waals surface area contributed by atoms with Crippen molar-refractivity contribution in [3.8, 4) is 6.07 Å². The quantitative estimate of drug-likeness (QED) is 0.855. The fourth-order valence-corrected chi connectivity index (χ4v) is 2.31. The molecule has 0 aliphatic carbocycles. The lowest BCUT2D eigenvalue weighted by atomic mass is 9.99. The molecule has 2 amide bonds. The number of hydrogen-bond donors (Lipinski definition) is 1. The van der Waals surface area contributed by atoms with E-state index in [1.165, 1.54) is 0 Å². The van der Waals surface area contributed by atoms with E-state index < -0.39 is 0 Å². The summed E-state index contributed by atoms with van der Waals surface area (Å²) >= 11 is 6.05. The molecule has 1 aliphatic heterocycles. The van der Waals surface area contributed by atoms with Crippen LogP contribution in [0.4, 0.5) is 10.5 Å². The maximum absolute atomic E-state index is 12.1. The Hall–Kier alpha value is -1.73. The van der Waals surface area contributed by atoms with Gasteiger partial charge in [-0.15, -0.1) is 0 Å². The van der Waals surface area contributed by atoms with Crippen molar-refractivity contribution in [3.63, 3.8) is 0 Å². The second-order valence-corrected chi connectivity index (χ2v) is 5.21. The Morgan fingerprint density at radius 2 is 2.16 bits per heavy atom. The highest BCUT2D eigenvalue weighted by molar-refractivity contribution is 6.33. The van der Waals surface area contributed by atoms with Gasteiger partial charge in [0.1, 0.15) is 0 Å². The monoisotopic (exact) mass is 277 g/mol. The van der Waals surface area contributed by atoms with Gasteiger partial charge in [-0.25, -0.2) is 4.79 Å². The van der Waals surface area contributed by atoms with Crippen LogP contribution in [-0.4, -0.2) is 24.0 Å². The molecule has 0 spiro atoms. The molecule has 0 saturated carbocycles. The number of carbonyl (C=O) groups is 1. The average Bonchev–Trinajstić information content (AvgIpc) is 2.43. The van der Waals surface area contributed by atoms with E-state index >= 15 is 0 Å². The van der Waals surface area contributed by atoms with E-state index in [1.807, 2.05) is 19.1 Å². The molecular formula is C14H16ClN3O. The maximum Gasteiger partial charge on any atom is 0.321 e. The SMILES string of the molecule is Cc1ccc(Cl)c(NC(=O)N2CCC(C#N)CC2)c1. The number of halogens is 1. The van der Waals surface area contributed by atoms with Gasteiger partial charge in [-0.3, -0.25) is 0 Å². The molecule has 0 aromatic heterocycles. The first-order chi connectivity index (χ1) is 9.10. The van der Waals surface area contributed by atoms with Crippen molar-refractivity contribution in [2.24, 2.45) is 5.92 Å². The number of piperidine rings is 1. The number of urea groups is 1. The van der Waals surface area contributed by atoms with Crippen LogP contribution in [0.3, 0.4) is 0 Å². The molecule has 1 saturated heterocycles. The number of rotatable bonds is 1.